The molecular formula is C24H24N2O5. The van der Waals surface area contributed by atoms with Crippen molar-refractivity contribution in [1.29, 1.82) is 0 Å². The summed E-state index contributed by atoms with van der Waals surface area (Å²) in [7, 11) is 3.27. The van der Waals surface area contributed by atoms with Gasteiger partial charge in [0.2, 0.25) is 12.7 Å². The lowest BCUT2D eigenvalue weighted by Gasteiger charge is -2.17. The van der Waals surface area contributed by atoms with E-state index in [1.807, 2.05) is 42.5 Å². The van der Waals surface area contributed by atoms with Gasteiger partial charge in [-0.15, -0.1) is 0 Å². The molecule has 0 saturated heterocycles. The first-order chi connectivity index (χ1) is 15.1. The maximum Gasteiger partial charge on any atom is 0.246 e. The number of methoxy groups -OCH3 is 2. The summed E-state index contributed by atoms with van der Waals surface area (Å²) in [6.07, 6.45) is 0. The molecule has 0 fully saturated rings. The van der Waals surface area contributed by atoms with Crippen molar-refractivity contribution in [3.63, 3.8) is 0 Å². The van der Waals surface area contributed by atoms with E-state index in [-0.39, 0.29) is 12.7 Å². The zero-order chi connectivity index (χ0) is 21.8. The van der Waals surface area contributed by atoms with Crippen LogP contribution < -0.4 is 29.6 Å². The van der Waals surface area contributed by atoms with E-state index in [1.54, 1.807) is 39.3 Å². The van der Waals surface area contributed by atoms with Crippen molar-refractivity contribution in [2.75, 3.05) is 31.6 Å². The molecule has 7 nitrogen and oxygen atoms in total. The third kappa shape index (κ3) is 4.50. The molecule has 0 aromatic heterocycles. The van der Waals surface area contributed by atoms with Crippen molar-refractivity contribution in [1.82, 2.24) is 0 Å². The molecule has 0 aliphatic carbocycles. The number of rotatable bonds is 7. The highest BCUT2D eigenvalue weighted by Crippen LogP contribution is 2.35. The molecule has 4 rings (SSSR count). The number of fused-ring (bicyclic) bond motifs is 1. The van der Waals surface area contributed by atoms with Crippen LogP contribution in [-0.2, 0) is 4.79 Å². The van der Waals surface area contributed by atoms with Crippen molar-refractivity contribution in [2.45, 2.75) is 13.0 Å². The van der Waals surface area contributed by atoms with Gasteiger partial charge in [0.1, 0.15) is 17.5 Å². The van der Waals surface area contributed by atoms with E-state index in [0.29, 0.717) is 17.2 Å². The fourth-order valence-electron chi connectivity index (χ4n) is 3.33. The van der Waals surface area contributed by atoms with Crippen LogP contribution >= 0.6 is 0 Å². The van der Waals surface area contributed by atoms with Gasteiger partial charge in [-0.1, -0.05) is 12.1 Å². The zero-order valence-electron chi connectivity index (χ0n) is 17.6. The SMILES string of the molecule is COc1ccc(-c2cc(N[C@@H](C)C(=O)Nc3ccc4c(c3)OCO4)ccc2OC)cc1. The number of carbonyl (C=O) groups is 1. The fraction of sp³-hybridized carbons (Fsp3) is 0.208. The van der Waals surface area contributed by atoms with Crippen molar-refractivity contribution in [2.24, 2.45) is 0 Å². The Hall–Kier alpha value is -3.87. The molecule has 3 aromatic carbocycles. The second-order valence-corrected chi connectivity index (χ2v) is 7.07. The number of nitrogens with one attached hydrogen (secondary N) is 2. The predicted octanol–water partition coefficient (Wildman–Crippen LogP) is 4.54. The second kappa shape index (κ2) is 8.87. The molecule has 1 aliphatic rings. The van der Waals surface area contributed by atoms with Crippen LogP contribution in [0, 0.1) is 0 Å². The monoisotopic (exact) mass is 420 g/mol. The average molecular weight is 420 g/mol. The first-order valence-electron chi connectivity index (χ1n) is 9.87. The Morgan fingerprint density at radius 3 is 2.39 bits per heavy atom. The summed E-state index contributed by atoms with van der Waals surface area (Å²) in [5, 5.41) is 6.15. The average Bonchev–Trinajstić information content (AvgIpc) is 3.27. The standard InChI is InChI=1S/C24H24N2O5/c1-15(24(27)26-18-7-11-22-23(13-18)31-14-30-22)25-17-6-10-21(29-3)20(12-17)16-4-8-19(28-2)9-5-16/h4-13,15,25H,14H2,1-3H3,(H,26,27)/t15-/m0/s1. The molecule has 31 heavy (non-hydrogen) atoms. The van der Waals surface area contributed by atoms with Gasteiger partial charge in [0, 0.05) is 23.0 Å². The molecule has 0 spiro atoms. The number of ether oxygens (including phenoxy) is 4. The maximum atomic E-state index is 12.7. The number of hydrogen-bond acceptors (Lipinski definition) is 6. The Morgan fingerprint density at radius 1 is 0.903 bits per heavy atom. The quantitative estimate of drug-likeness (QED) is 0.584. The van der Waals surface area contributed by atoms with Gasteiger partial charge in [0.15, 0.2) is 11.5 Å². The summed E-state index contributed by atoms with van der Waals surface area (Å²) in [5.41, 5.74) is 3.36. The molecule has 0 unspecified atom stereocenters. The van der Waals surface area contributed by atoms with E-state index in [2.05, 4.69) is 10.6 Å². The number of benzene rings is 3. The summed E-state index contributed by atoms with van der Waals surface area (Å²) >= 11 is 0. The van der Waals surface area contributed by atoms with Crippen LogP contribution in [-0.4, -0.2) is 33.0 Å². The summed E-state index contributed by atoms with van der Waals surface area (Å²) in [6, 6.07) is 18.3. The molecule has 0 bridgehead atoms. The first-order valence-corrected chi connectivity index (χ1v) is 9.87. The van der Waals surface area contributed by atoms with Gasteiger partial charge in [-0.2, -0.15) is 0 Å². The van der Waals surface area contributed by atoms with Crippen molar-refractivity contribution in [3.05, 3.63) is 60.7 Å². The van der Waals surface area contributed by atoms with Gasteiger partial charge in [-0.25, -0.2) is 0 Å². The topological polar surface area (TPSA) is 78.1 Å². The Morgan fingerprint density at radius 2 is 1.65 bits per heavy atom. The molecule has 0 saturated carbocycles. The Labute approximate surface area is 180 Å². The smallest absolute Gasteiger partial charge is 0.246 e. The minimum Gasteiger partial charge on any atom is -0.497 e. The van der Waals surface area contributed by atoms with Crippen LogP contribution in [0.1, 0.15) is 6.92 Å². The molecule has 2 N–H and O–H groups in total. The molecule has 0 radical (unpaired) electrons. The lowest BCUT2D eigenvalue weighted by Crippen LogP contribution is -2.31. The van der Waals surface area contributed by atoms with Crippen molar-refractivity contribution in [3.8, 4) is 34.1 Å². The lowest BCUT2D eigenvalue weighted by molar-refractivity contribution is -0.116. The predicted molar refractivity (Wildman–Crippen MR) is 119 cm³/mol. The van der Waals surface area contributed by atoms with Crippen molar-refractivity contribution < 1.29 is 23.7 Å². The van der Waals surface area contributed by atoms with Gasteiger partial charge < -0.3 is 29.6 Å². The molecular weight excluding hydrogens is 396 g/mol. The number of anilines is 2. The van der Waals surface area contributed by atoms with Gasteiger partial charge >= 0.3 is 0 Å². The molecule has 1 heterocycles. The summed E-state index contributed by atoms with van der Waals surface area (Å²) in [4.78, 5) is 12.7. The summed E-state index contributed by atoms with van der Waals surface area (Å²) in [5.74, 6) is 2.66. The third-order valence-electron chi connectivity index (χ3n) is 5.02. The summed E-state index contributed by atoms with van der Waals surface area (Å²) in [6.45, 7) is 2.00. The molecule has 1 amide bonds. The first kappa shape index (κ1) is 20.4. The Kier molecular flexibility index (Phi) is 5.84. The van der Waals surface area contributed by atoms with Crippen LogP contribution in [0.25, 0.3) is 11.1 Å². The maximum absolute atomic E-state index is 12.7. The van der Waals surface area contributed by atoms with Crippen LogP contribution in [0.2, 0.25) is 0 Å². The van der Waals surface area contributed by atoms with E-state index < -0.39 is 6.04 Å². The molecule has 7 heteroatoms. The summed E-state index contributed by atoms with van der Waals surface area (Å²) < 4.78 is 21.4. The Bertz CT molecular complexity index is 1080. The number of amides is 1. The lowest BCUT2D eigenvalue weighted by atomic mass is 10.0. The van der Waals surface area contributed by atoms with Crippen molar-refractivity contribution >= 4 is 17.3 Å². The fourth-order valence-corrected chi connectivity index (χ4v) is 3.33. The van der Waals surface area contributed by atoms with Gasteiger partial charge in [-0.3, -0.25) is 4.79 Å². The van der Waals surface area contributed by atoms with E-state index >= 15 is 0 Å². The minimum absolute atomic E-state index is 0.166. The molecule has 3 aromatic rings. The largest absolute Gasteiger partial charge is 0.497 e. The number of carbonyl (C=O) groups excluding carboxylic acids is 1. The zero-order valence-corrected chi connectivity index (χ0v) is 17.6. The number of hydrogen-bond donors (Lipinski definition) is 2. The van der Waals surface area contributed by atoms with E-state index in [9.17, 15) is 4.79 Å². The highest BCUT2D eigenvalue weighted by molar-refractivity contribution is 5.96. The van der Waals surface area contributed by atoms with E-state index in [4.69, 9.17) is 18.9 Å². The second-order valence-electron chi connectivity index (χ2n) is 7.07. The molecule has 1 atom stereocenters. The third-order valence-corrected chi connectivity index (χ3v) is 5.02. The van der Waals surface area contributed by atoms with Gasteiger partial charge in [-0.05, 0) is 55.0 Å². The van der Waals surface area contributed by atoms with Crippen LogP contribution in [0.4, 0.5) is 11.4 Å². The van der Waals surface area contributed by atoms with Crippen LogP contribution in [0.3, 0.4) is 0 Å². The van der Waals surface area contributed by atoms with E-state index in [1.165, 1.54) is 0 Å². The minimum atomic E-state index is -0.470. The molecule has 1 aliphatic heterocycles. The molecule has 160 valence electrons. The van der Waals surface area contributed by atoms with Gasteiger partial charge in [0.25, 0.3) is 0 Å². The Balaban J connectivity index is 1.48. The van der Waals surface area contributed by atoms with Crippen LogP contribution in [0.5, 0.6) is 23.0 Å². The highest BCUT2D eigenvalue weighted by atomic mass is 16.7. The highest BCUT2D eigenvalue weighted by Gasteiger charge is 2.17. The normalized spacial score (nSPS) is 12.7. The van der Waals surface area contributed by atoms with Gasteiger partial charge in [0.05, 0.1) is 14.2 Å². The van der Waals surface area contributed by atoms with Crippen LogP contribution in [0.15, 0.2) is 60.7 Å². The van der Waals surface area contributed by atoms with E-state index in [0.717, 1.165) is 28.3 Å².